The Labute approximate surface area is 259 Å². The van der Waals surface area contributed by atoms with Crippen LogP contribution in [-0.4, -0.2) is 80.7 Å². The molecule has 10 heteroatoms. The first-order chi connectivity index (χ1) is 21.4. The van der Waals surface area contributed by atoms with Crippen LogP contribution >= 0.6 is 0 Å². The molecule has 0 saturated carbocycles. The fourth-order valence-electron chi connectivity index (χ4n) is 6.09. The zero-order chi connectivity index (χ0) is 31.2. The molecule has 232 valence electrons. The van der Waals surface area contributed by atoms with Gasteiger partial charge in [0.1, 0.15) is 11.4 Å². The van der Waals surface area contributed by atoms with Crippen LogP contribution in [0.3, 0.4) is 0 Å². The standard InChI is InChI=1S/C32H36N6O4.C2H6/c1-23-19-27(34-15-17-35(18-16-34)28-21-36(22-28)26-7-5-25(33-41)6-8-26)9-12-30(23)37-14-13-31(39)38(32(37)40)20-24-3-10-29(42-2)11-4-24;1-2/h3-12,19,28H,13-18,20-22H2,1-2H3;1-2H3. The van der Waals surface area contributed by atoms with Gasteiger partial charge in [-0.25, -0.2) is 4.79 Å². The largest absolute Gasteiger partial charge is 0.497 e. The molecule has 3 aromatic carbocycles. The number of piperazine rings is 1. The molecule has 0 radical (unpaired) electrons. The van der Waals surface area contributed by atoms with Crippen LogP contribution in [0.2, 0.25) is 0 Å². The minimum absolute atomic E-state index is 0.151. The van der Waals surface area contributed by atoms with E-state index in [1.165, 1.54) is 4.90 Å². The van der Waals surface area contributed by atoms with Crippen LogP contribution in [0.5, 0.6) is 5.75 Å². The number of urea groups is 1. The number of hydrogen-bond acceptors (Lipinski definition) is 8. The summed E-state index contributed by atoms with van der Waals surface area (Å²) in [6.45, 7) is 12.5. The number of amides is 3. The first kappa shape index (κ1) is 31.0. The maximum absolute atomic E-state index is 13.4. The number of nitrogens with zero attached hydrogens (tertiary/aromatic N) is 6. The summed E-state index contributed by atoms with van der Waals surface area (Å²) < 4.78 is 5.22. The van der Waals surface area contributed by atoms with Crippen LogP contribution in [0.15, 0.2) is 71.9 Å². The molecule has 3 aliphatic heterocycles. The third-order valence-corrected chi connectivity index (χ3v) is 8.66. The SMILES string of the molecule is CC.COc1ccc(CN2C(=O)CCN(c3ccc(N4CCN(C5CN(c6ccc(N=O)cc6)C5)CC4)cc3C)C2=O)cc1. The zero-order valence-electron chi connectivity index (χ0n) is 26.1. The van der Waals surface area contributed by atoms with Gasteiger partial charge in [0, 0.05) is 75.3 Å². The third kappa shape index (κ3) is 6.55. The van der Waals surface area contributed by atoms with Gasteiger partial charge >= 0.3 is 6.03 Å². The molecule has 0 aromatic heterocycles. The fraction of sp³-hybridized carbons (Fsp3) is 0.412. The maximum Gasteiger partial charge on any atom is 0.331 e. The highest BCUT2D eigenvalue weighted by Crippen LogP contribution is 2.31. The molecule has 0 spiro atoms. The molecule has 0 atom stereocenters. The number of hydrogen-bond donors (Lipinski definition) is 0. The van der Waals surface area contributed by atoms with Gasteiger partial charge in [-0.1, -0.05) is 26.0 Å². The summed E-state index contributed by atoms with van der Waals surface area (Å²) >= 11 is 0. The molecule has 44 heavy (non-hydrogen) atoms. The average Bonchev–Trinajstić information content (AvgIpc) is 3.04. The predicted octanol–water partition coefficient (Wildman–Crippen LogP) is 5.80. The first-order valence-corrected chi connectivity index (χ1v) is 15.5. The number of nitroso groups, excluding NO2 is 1. The quantitative estimate of drug-likeness (QED) is 0.303. The minimum Gasteiger partial charge on any atom is -0.497 e. The lowest BCUT2D eigenvalue weighted by Crippen LogP contribution is -2.63. The Morgan fingerprint density at radius 2 is 1.48 bits per heavy atom. The van der Waals surface area contributed by atoms with Crippen LogP contribution in [0.4, 0.5) is 27.5 Å². The maximum atomic E-state index is 13.4. The number of ether oxygens (including phenoxy) is 1. The van der Waals surface area contributed by atoms with Crippen LogP contribution in [0.25, 0.3) is 0 Å². The van der Waals surface area contributed by atoms with Crippen molar-refractivity contribution < 1.29 is 14.3 Å². The molecule has 6 rings (SSSR count). The van der Waals surface area contributed by atoms with Crippen molar-refractivity contribution >= 4 is 34.7 Å². The second-order valence-electron chi connectivity index (χ2n) is 11.2. The lowest BCUT2D eigenvalue weighted by molar-refractivity contribution is -0.129. The van der Waals surface area contributed by atoms with Crippen molar-refractivity contribution in [1.82, 2.24) is 9.80 Å². The van der Waals surface area contributed by atoms with Gasteiger partial charge in [0.25, 0.3) is 0 Å². The highest BCUT2D eigenvalue weighted by Gasteiger charge is 2.35. The highest BCUT2D eigenvalue weighted by molar-refractivity contribution is 6.06. The molecule has 3 saturated heterocycles. The van der Waals surface area contributed by atoms with Crippen molar-refractivity contribution in [2.24, 2.45) is 5.18 Å². The molecule has 0 unspecified atom stereocenters. The smallest absolute Gasteiger partial charge is 0.331 e. The van der Waals surface area contributed by atoms with E-state index in [2.05, 4.69) is 32.0 Å². The molecule has 0 bridgehead atoms. The Morgan fingerprint density at radius 3 is 2.09 bits per heavy atom. The topological polar surface area (TPSA) is 89.0 Å². The van der Waals surface area contributed by atoms with Crippen molar-refractivity contribution in [3.63, 3.8) is 0 Å². The van der Waals surface area contributed by atoms with Gasteiger partial charge in [-0.2, -0.15) is 0 Å². The van der Waals surface area contributed by atoms with Gasteiger partial charge in [-0.15, -0.1) is 4.91 Å². The van der Waals surface area contributed by atoms with E-state index in [0.29, 0.717) is 24.7 Å². The summed E-state index contributed by atoms with van der Waals surface area (Å²) in [5.74, 6) is 0.586. The average molecular weight is 599 g/mol. The highest BCUT2D eigenvalue weighted by atomic mass is 16.5. The summed E-state index contributed by atoms with van der Waals surface area (Å²) in [4.78, 5) is 47.2. The normalized spacial score (nSPS) is 17.6. The monoisotopic (exact) mass is 598 g/mol. The van der Waals surface area contributed by atoms with E-state index >= 15 is 0 Å². The van der Waals surface area contributed by atoms with Crippen LogP contribution in [0, 0.1) is 11.8 Å². The number of benzene rings is 3. The molecule has 3 aliphatic rings. The van der Waals surface area contributed by atoms with E-state index in [1.54, 1.807) is 24.1 Å². The van der Waals surface area contributed by atoms with Crippen LogP contribution in [-0.2, 0) is 11.3 Å². The Balaban J connectivity index is 0.00000188. The van der Waals surface area contributed by atoms with Crippen molar-refractivity contribution in [3.05, 3.63) is 82.8 Å². The van der Waals surface area contributed by atoms with Crippen molar-refractivity contribution in [2.45, 2.75) is 39.8 Å². The third-order valence-electron chi connectivity index (χ3n) is 8.66. The van der Waals surface area contributed by atoms with Gasteiger partial charge < -0.3 is 14.5 Å². The van der Waals surface area contributed by atoms with Gasteiger partial charge in [0.2, 0.25) is 5.91 Å². The van der Waals surface area contributed by atoms with E-state index in [1.807, 2.05) is 63.2 Å². The molecule has 10 nitrogen and oxygen atoms in total. The zero-order valence-corrected chi connectivity index (χ0v) is 26.1. The second-order valence-corrected chi connectivity index (χ2v) is 11.2. The number of anilines is 3. The summed E-state index contributed by atoms with van der Waals surface area (Å²) in [7, 11) is 1.61. The van der Waals surface area contributed by atoms with Gasteiger partial charge in [0.05, 0.1) is 13.7 Å². The minimum atomic E-state index is -0.280. The molecule has 3 heterocycles. The molecule has 3 amide bonds. The van der Waals surface area contributed by atoms with E-state index < -0.39 is 0 Å². The molecule has 3 fully saturated rings. The number of imide groups is 1. The van der Waals surface area contributed by atoms with Crippen molar-refractivity contribution in [1.29, 1.82) is 0 Å². The van der Waals surface area contributed by atoms with Crippen LogP contribution < -0.4 is 19.4 Å². The number of aryl methyl sites for hydroxylation is 1. The number of carbonyl (C=O) groups excluding carboxylic acids is 2. The lowest BCUT2D eigenvalue weighted by Gasteiger charge is -2.49. The number of carbonyl (C=O) groups is 2. The molecule has 0 aliphatic carbocycles. The Bertz CT molecular complexity index is 1450. The van der Waals surface area contributed by atoms with E-state index in [9.17, 15) is 14.5 Å². The van der Waals surface area contributed by atoms with E-state index in [-0.39, 0.29) is 18.5 Å². The number of methoxy groups -OCH3 is 1. The molecule has 3 aromatic rings. The Hall–Kier alpha value is -4.44. The van der Waals surface area contributed by atoms with Gasteiger partial charge in [-0.3, -0.25) is 19.5 Å². The van der Waals surface area contributed by atoms with Gasteiger partial charge in [0.15, 0.2) is 0 Å². The predicted molar refractivity (Wildman–Crippen MR) is 175 cm³/mol. The van der Waals surface area contributed by atoms with Crippen LogP contribution in [0.1, 0.15) is 31.4 Å². The van der Waals surface area contributed by atoms with Gasteiger partial charge in [-0.05, 0) is 77.8 Å². The van der Waals surface area contributed by atoms with E-state index in [0.717, 1.165) is 73.2 Å². The van der Waals surface area contributed by atoms with E-state index in [4.69, 9.17) is 4.74 Å². The Kier molecular flexibility index (Phi) is 9.79. The number of rotatable bonds is 8. The molecular weight excluding hydrogens is 556 g/mol. The molecule has 0 N–H and O–H groups in total. The summed E-state index contributed by atoms with van der Waals surface area (Å²) in [6, 6.07) is 21.4. The van der Waals surface area contributed by atoms with Crippen molar-refractivity contribution in [3.8, 4) is 5.75 Å². The van der Waals surface area contributed by atoms with Crippen molar-refractivity contribution in [2.75, 3.05) is 67.6 Å². The summed E-state index contributed by atoms with van der Waals surface area (Å²) in [6.07, 6.45) is 0.297. The lowest BCUT2D eigenvalue weighted by atomic mass is 10.0. The summed E-state index contributed by atoms with van der Waals surface area (Å²) in [5, 5.41) is 2.98. The molecular formula is C34H42N6O4. The first-order valence-electron chi connectivity index (χ1n) is 15.5. The second kappa shape index (κ2) is 13.9. The summed E-state index contributed by atoms with van der Waals surface area (Å²) in [5.41, 5.74) is 5.50. The Morgan fingerprint density at radius 1 is 0.818 bits per heavy atom. The fourth-order valence-corrected chi connectivity index (χ4v) is 6.09.